The number of amides is 2. The Bertz CT molecular complexity index is 764. The first kappa shape index (κ1) is 16.2. The van der Waals surface area contributed by atoms with Crippen LogP contribution in [0.25, 0.3) is 0 Å². The molecule has 3 rings (SSSR count). The van der Waals surface area contributed by atoms with Crippen LogP contribution in [0.15, 0.2) is 28.7 Å². The number of rotatable bonds is 4. The average molecular weight is 327 g/mol. The van der Waals surface area contributed by atoms with Gasteiger partial charge >= 0.3 is 0 Å². The molecule has 1 fully saturated rings. The molecular formula is C18H21N3O3. The largest absolute Gasteiger partial charge is 0.436 e. The lowest BCUT2D eigenvalue weighted by molar-refractivity contribution is -0.129. The van der Waals surface area contributed by atoms with Gasteiger partial charge in [-0.15, -0.1) is 0 Å². The summed E-state index contributed by atoms with van der Waals surface area (Å²) in [5.41, 5.74) is 2.81. The number of oxazole rings is 1. The van der Waals surface area contributed by atoms with Gasteiger partial charge in [0.2, 0.25) is 11.7 Å². The van der Waals surface area contributed by atoms with Crippen molar-refractivity contribution in [2.45, 2.75) is 39.8 Å². The van der Waals surface area contributed by atoms with Crippen molar-refractivity contribution in [3.8, 4) is 0 Å². The number of aryl methyl sites for hydroxylation is 3. The fourth-order valence-electron chi connectivity index (χ4n) is 2.91. The van der Waals surface area contributed by atoms with Gasteiger partial charge in [-0.3, -0.25) is 9.59 Å². The maximum absolute atomic E-state index is 12.5. The Morgan fingerprint density at radius 2 is 2.00 bits per heavy atom. The van der Waals surface area contributed by atoms with E-state index < -0.39 is 6.04 Å². The molecule has 2 heterocycles. The number of benzene rings is 1. The fourth-order valence-corrected chi connectivity index (χ4v) is 2.91. The van der Waals surface area contributed by atoms with E-state index in [4.69, 9.17) is 4.42 Å². The van der Waals surface area contributed by atoms with Crippen LogP contribution in [0.1, 0.15) is 39.7 Å². The molecule has 0 saturated carbocycles. The number of hydrogen-bond acceptors (Lipinski definition) is 4. The number of aromatic nitrogens is 1. The summed E-state index contributed by atoms with van der Waals surface area (Å²) in [7, 11) is 0. The lowest BCUT2D eigenvalue weighted by Crippen LogP contribution is -2.41. The molecule has 6 nitrogen and oxygen atoms in total. The van der Waals surface area contributed by atoms with Crippen LogP contribution < -0.4 is 5.32 Å². The molecule has 1 aromatic heterocycles. The number of hydrogen-bond donors (Lipinski definition) is 1. The Morgan fingerprint density at radius 3 is 2.62 bits per heavy atom. The summed E-state index contributed by atoms with van der Waals surface area (Å²) in [5.74, 6) is 0.176. The predicted octanol–water partition coefficient (Wildman–Crippen LogP) is 2.13. The Labute approximate surface area is 140 Å². The van der Waals surface area contributed by atoms with Gasteiger partial charge in [0.1, 0.15) is 6.04 Å². The topological polar surface area (TPSA) is 75.4 Å². The molecule has 0 radical (unpaired) electrons. The van der Waals surface area contributed by atoms with Crippen molar-refractivity contribution in [1.82, 2.24) is 15.2 Å². The van der Waals surface area contributed by atoms with Gasteiger partial charge in [-0.05, 0) is 25.8 Å². The molecule has 1 atom stereocenters. The first-order chi connectivity index (χ1) is 11.4. The van der Waals surface area contributed by atoms with Crippen LogP contribution in [0.2, 0.25) is 0 Å². The SMILES string of the molecule is Cc1ccc(CN2CC[C@H](NC(=O)c3oc(C)nc3C)C2=O)cc1. The highest BCUT2D eigenvalue weighted by Crippen LogP contribution is 2.17. The van der Waals surface area contributed by atoms with Crippen LogP contribution >= 0.6 is 0 Å². The third kappa shape index (κ3) is 3.32. The summed E-state index contributed by atoms with van der Waals surface area (Å²) in [4.78, 5) is 30.6. The van der Waals surface area contributed by atoms with Crippen molar-refractivity contribution in [2.75, 3.05) is 6.54 Å². The summed E-state index contributed by atoms with van der Waals surface area (Å²) in [6, 6.07) is 7.60. The third-order valence-electron chi connectivity index (χ3n) is 4.21. The second-order valence-electron chi connectivity index (χ2n) is 6.21. The zero-order valence-corrected chi connectivity index (χ0v) is 14.1. The van der Waals surface area contributed by atoms with E-state index in [1.807, 2.05) is 31.2 Å². The van der Waals surface area contributed by atoms with Gasteiger partial charge in [-0.1, -0.05) is 29.8 Å². The normalized spacial score (nSPS) is 17.4. The van der Waals surface area contributed by atoms with E-state index in [1.165, 1.54) is 5.56 Å². The van der Waals surface area contributed by atoms with Gasteiger partial charge < -0.3 is 14.6 Å². The van der Waals surface area contributed by atoms with E-state index in [2.05, 4.69) is 10.3 Å². The molecule has 1 aromatic carbocycles. The summed E-state index contributed by atoms with van der Waals surface area (Å²) < 4.78 is 5.31. The van der Waals surface area contributed by atoms with Crippen molar-refractivity contribution in [3.05, 3.63) is 52.7 Å². The van der Waals surface area contributed by atoms with Gasteiger partial charge in [-0.2, -0.15) is 0 Å². The lowest BCUT2D eigenvalue weighted by Gasteiger charge is -2.17. The number of nitrogens with zero attached hydrogens (tertiary/aromatic N) is 2. The van der Waals surface area contributed by atoms with Crippen molar-refractivity contribution < 1.29 is 14.0 Å². The summed E-state index contributed by atoms with van der Waals surface area (Å²) in [6.45, 7) is 6.63. The van der Waals surface area contributed by atoms with Crippen molar-refractivity contribution in [2.24, 2.45) is 0 Å². The van der Waals surface area contributed by atoms with Gasteiger partial charge in [0.15, 0.2) is 5.89 Å². The first-order valence-electron chi connectivity index (χ1n) is 8.03. The molecule has 126 valence electrons. The highest BCUT2D eigenvalue weighted by molar-refractivity contribution is 5.96. The molecule has 1 saturated heterocycles. The lowest BCUT2D eigenvalue weighted by atomic mass is 10.1. The maximum Gasteiger partial charge on any atom is 0.289 e. The minimum Gasteiger partial charge on any atom is -0.436 e. The van der Waals surface area contributed by atoms with E-state index in [-0.39, 0.29) is 17.6 Å². The van der Waals surface area contributed by atoms with Crippen molar-refractivity contribution in [3.63, 3.8) is 0 Å². The van der Waals surface area contributed by atoms with Crippen LogP contribution in [0, 0.1) is 20.8 Å². The Kier molecular flexibility index (Phi) is 4.38. The van der Waals surface area contributed by atoms with Crippen LogP contribution in [0.3, 0.4) is 0 Å². The van der Waals surface area contributed by atoms with Gasteiger partial charge in [0.05, 0.1) is 5.69 Å². The fraction of sp³-hybridized carbons (Fsp3) is 0.389. The number of nitrogens with one attached hydrogen (secondary N) is 1. The molecule has 0 spiro atoms. The van der Waals surface area contributed by atoms with Crippen LogP contribution in [-0.4, -0.2) is 34.3 Å². The molecule has 0 aliphatic carbocycles. The summed E-state index contributed by atoms with van der Waals surface area (Å²) in [6.07, 6.45) is 0.600. The van der Waals surface area contributed by atoms with Gasteiger partial charge in [-0.25, -0.2) is 4.98 Å². The highest BCUT2D eigenvalue weighted by Gasteiger charge is 2.33. The average Bonchev–Trinajstić information content (AvgIpc) is 3.05. The molecule has 2 aromatic rings. The monoisotopic (exact) mass is 327 g/mol. The number of likely N-dealkylation sites (tertiary alicyclic amines) is 1. The van der Waals surface area contributed by atoms with E-state index in [1.54, 1.807) is 18.7 Å². The molecule has 1 aliphatic rings. The maximum atomic E-state index is 12.5. The second kappa shape index (κ2) is 6.47. The molecule has 0 unspecified atom stereocenters. The summed E-state index contributed by atoms with van der Waals surface area (Å²) in [5, 5.41) is 2.76. The second-order valence-corrected chi connectivity index (χ2v) is 6.21. The van der Waals surface area contributed by atoms with Crippen LogP contribution in [-0.2, 0) is 11.3 Å². The van der Waals surface area contributed by atoms with Gasteiger partial charge in [0.25, 0.3) is 5.91 Å². The molecule has 1 aliphatic heterocycles. The molecule has 0 bridgehead atoms. The van der Waals surface area contributed by atoms with E-state index in [0.29, 0.717) is 31.1 Å². The van der Waals surface area contributed by atoms with Gasteiger partial charge in [0, 0.05) is 20.0 Å². The van der Waals surface area contributed by atoms with Crippen LogP contribution in [0.5, 0.6) is 0 Å². The van der Waals surface area contributed by atoms with E-state index >= 15 is 0 Å². The molecule has 2 amide bonds. The zero-order chi connectivity index (χ0) is 17.3. The Balaban J connectivity index is 1.62. The number of carbonyl (C=O) groups excluding carboxylic acids is 2. The van der Waals surface area contributed by atoms with Crippen LogP contribution in [0.4, 0.5) is 0 Å². The Morgan fingerprint density at radius 1 is 1.29 bits per heavy atom. The zero-order valence-electron chi connectivity index (χ0n) is 14.1. The van der Waals surface area contributed by atoms with Crippen molar-refractivity contribution >= 4 is 11.8 Å². The van der Waals surface area contributed by atoms with Crippen molar-refractivity contribution in [1.29, 1.82) is 0 Å². The number of carbonyl (C=O) groups is 2. The predicted molar refractivity (Wildman–Crippen MR) is 88.4 cm³/mol. The van der Waals surface area contributed by atoms with E-state index in [0.717, 1.165) is 5.56 Å². The Hall–Kier alpha value is -2.63. The highest BCUT2D eigenvalue weighted by atomic mass is 16.4. The molecule has 1 N–H and O–H groups in total. The van der Waals surface area contributed by atoms with E-state index in [9.17, 15) is 9.59 Å². The first-order valence-corrected chi connectivity index (χ1v) is 8.03. The molecule has 6 heteroatoms. The molecule has 24 heavy (non-hydrogen) atoms. The minimum atomic E-state index is -0.507. The quantitative estimate of drug-likeness (QED) is 0.933. The third-order valence-corrected chi connectivity index (χ3v) is 4.21. The standard InChI is InChI=1S/C18H21N3O3/c1-11-4-6-14(7-5-11)10-21-9-8-15(18(21)23)20-17(22)16-12(2)19-13(3)24-16/h4-7,15H,8-10H2,1-3H3,(H,20,22)/t15-/m0/s1. The minimum absolute atomic E-state index is 0.0576. The summed E-state index contributed by atoms with van der Waals surface area (Å²) >= 11 is 0. The molecular weight excluding hydrogens is 306 g/mol. The smallest absolute Gasteiger partial charge is 0.289 e.